The van der Waals surface area contributed by atoms with E-state index in [2.05, 4.69) is 9.97 Å². The van der Waals surface area contributed by atoms with Crippen LogP contribution in [0.25, 0.3) is 0 Å². The van der Waals surface area contributed by atoms with Crippen molar-refractivity contribution in [1.82, 2.24) is 9.97 Å². The van der Waals surface area contributed by atoms with Gasteiger partial charge in [0.25, 0.3) is 0 Å². The second-order valence-corrected chi connectivity index (χ2v) is 4.09. The van der Waals surface area contributed by atoms with E-state index in [0.717, 1.165) is 17.1 Å². The molecule has 1 aromatic carbocycles. The van der Waals surface area contributed by atoms with Crippen LogP contribution in [-0.4, -0.2) is 30.3 Å². The molecule has 1 aromatic heterocycles. The molecule has 0 saturated carbocycles. The predicted molar refractivity (Wildman–Crippen MR) is 73.1 cm³/mol. The van der Waals surface area contributed by atoms with E-state index in [9.17, 15) is 0 Å². The van der Waals surface area contributed by atoms with Crippen molar-refractivity contribution in [2.45, 2.75) is 6.42 Å². The highest BCUT2D eigenvalue weighted by Gasteiger charge is 2.00. The summed E-state index contributed by atoms with van der Waals surface area (Å²) in [5.74, 6) is 1.58. The number of hydrogen-bond acceptors (Lipinski definition) is 5. The Labute approximate surface area is 112 Å². The number of rotatable bonds is 6. The SMILES string of the molecule is COCCOc1ccc(Cc2ncc(N)cn2)cc1. The molecule has 0 aliphatic rings. The van der Waals surface area contributed by atoms with E-state index in [4.69, 9.17) is 15.2 Å². The fourth-order valence-corrected chi connectivity index (χ4v) is 1.59. The van der Waals surface area contributed by atoms with E-state index in [1.807, 2.05) is 24.3 Å². The van der Waals surface area contributed by atoms with Gasteiger partial charge in [0, 0.05) is 13.5 Å². The van der Waals surface area contributed by atoms with Crippen molar-refractivity contribution in [1.29, 1.82) is 0 Å². The van der Waals surface area contributed by atoms with Gasteiger partial charge in [0.15, 0.2) is 0 Å². The fourth-order valence-electron chi connectivity index (χ4n) is 1.59. The number of nitrogens with two attached hydrogens (primary N) is 1. The van der Waals surface area contributed by atoms with Crippen molar-refractivity contribution in [3.63, 3.8) is 0 Å². The first-order valence-corrected chi connectivity index (χ1v) is 6.05. The second kappa shape index (κ2) is 6.70. The van der Waals surface area contributed by atoms with Crippen molar-refractivity contribution in [2.24, 2.45) is 0 Å². The summed E-state index contributed by atoms with van der Waals surface area (Å²) in [7, 11) is 1.65. The summed E-state index contributed by atoms with van der Waals surface area (Å²) in [4.78, 5) is 8.35. The molecule has 5 nitrogen and oxygen atoms in total. The summed E-state index contributed by atoms with van der Waals surface area (Å²) in [5.41, 5.74) is 7.25. The van der Waals surface area contributed by atoms with Crippen molar-refractivity contribution in [3.05, 3.63) is 48.0 Å². The van der Waals surface area contributed by atoms with Gasteiger partial charge in [-0.25, -0.2) is 9.97 Å². The molecule has 0 bridgehead atoms. The molecule has 0 aliphatic carbocycles. The Balaban J connectivity index is 1.92. The third kappa shape index (κ3) is 4.22. The molecule has 0 spiro atoms. The summed E-state index contributed by atoms with van der Waals surface area (Å²) in [6.07, 6.45) is 3.91. The van der Waals surface area contributed by atoms with Crippen LogP contribution in [-0.2, 0) is 11.2 Å². The van der Waals surface area contributed by atoms with Crippen molar-refractivity contribution < 1.29 is 9.47 Å². The maximum Gasteiger partial charge on any atom is 0.132 e. The Hall–Kier alpha value is -2.14. The Kier molecular flexibility index (Phi) is 4.69. The minimum atomic E-state index is 0.552. The predicted octanol–water partition coefficient (Wildman–Crippen LogP) is 1.67. The minimum Gasteiger partial charge on any atom is -0.491 e. The Bertz CT molecular complexity index is 497. The highest BCUT2D eigenvalue weighted by Crippen LogP contribution is 2.14. The van der Waals surface area contributed by atoms with Crippen molar-refractivity contribution in [2.75, 3.05) is 26.1 Å². The largest absolute Gasteiger partial charge is 0.491 e. The third-order valence-corrected chi connectivity index (χ3v) is 2.57. The average Bonchev–Trinajstić information content (AvgIpc) is 2.44. The lowest BCUT2D eigenvalue weighted by atomic mass is 10.1. The van der Waals surface area contributed by atoms with Gasteiger partial charge in [-0.3, -0.25) is 0 Å². The van der Waals surface area contributed by atoms with Gasteiger partial charge in [0.2, 0.25) is 0 Å². The first-order valence-electron chi connectivity index (χ1n) is 6.05. The number of ether oxygens (including phenoxy) is 2. The lowest BCUT2D eigenvalue weighted by Gasteiger charge is -2.06. The summed E-state index contributed by atoms with van der Waals surface area (Å²) in [6, 6.07) is 7.87. The fraction of sp³-hybridized carbons (Fsp3) is 0.286. The Morgan fingerprint density at radius 2 is 1.74 bits per heavy atom. The number of hydrogen-bond donors (Lipinski definition) is 1. The number of benzene rings is 1. The summed E-state index contributed by atoms with van der Waals surface area (Å²) >= 11 is 0. The van der Waals surface area contributed by atoms with Crippen LogP contribution < -0.4 is 10.5 Å². The van der Waals surface area contributed by atoms with Gasteiger partial charge in [-0.05, 0) is 17.7 Å². The van der Waals surface area contributed by atoms with Crippen LogP contribution >= 0.6 is 0 Å². The Morgan fingerprint density at radius 3 is 2.37 bits per heavy atom. The highest BCUT2D eigenvalue weighted by molar-refractivity contribution is 5.32. The molecule has 100 valence electrons. The smallest absolute Gasteiger partial charge is 0.132 e. The molecular weight excluding hydrogens is 242 g/mol. The average molecular weight is 259 g/mol. The Morgan fingerprint density at radius 1 is 1.05 bits per heavy atom. The van der Waals surface area contributed by atoms with E-state index in [0.29, 0.717) is 25.3 Å². The molecule has 2 N–H and O–H groups in total. The normalized spacial score (nSPS) is 10.4. The molecule has 0 saturated heterocycles. The molecule has 0 atom stereocenters. The van der Waals surface area contributed by atoms with E-state index in [1.165, 1.54) is 0 Å². The molecule has 1 heterocycles. The van der Waals surface area contributed by atoms with Gasteiger partial charge >= 0.3 is 0 Å². The van der Waals surface area contributed by atoms with Gasteiger partial charge in [-0.1, -0.05) is 12.1 Å². The van der Waals surface area contributed by atoms with Crippen LogP contribution in [0.15, 0.2) is 36.7 Å². The lowest BCUT2D eigenvalue weighted by molar-refractivity contribution is 0.146. The zero-order valence-corrected chi connectivity index (χ0v) is 10.9. The van der Waals surface area contributed by atoms with E-state index >= 15 is 0 Å². The molecule has 0 unspecified atom stereocenters. The molecule has 0 amide bonds. The molecule has 0 aliphatic heterocycles. The minimum absolute atomic E-state index is 0.552. The van der Waals surface area contributed by atoms with Crippen LogP contribution in [0.3, 0.4) is 0 Å². The molecule has 0 fully saturated rings. The van der Waals surface area contributed by atoms with Crippen LogP contribution in [0.4, 0.5) is 5.69 Å². The summed E-state index contributed by atoms with van der Waals surface area (Å²) in [6.45, 7) is 1.14. The van der Waals surface area contributed by atoms with Gasteiger partial charge < -0.3 is 15.2 Å². The standard InChI is InChI=1S/C14H17N3O2/c1-18-6-7-19-13-4-2-11(3-5-13)8-14-16-9-12(15)10-17-14/h2-5,9-10H,6-8,15H2,1H3. The molecule has 2 rings (SSSR count). The van der Waals surface area contributed by atoms with Crippen LogP contribution in [0.1, 0.15) is 11.4 Å². The first-order chi connectivity index (χ1) is 9.28. The van der Waals surface area contributed by atoms with Crippen LogP contribution in [0, 0.1) is 0 Å². The summed E-state index contributed by atoms with van der Waals surface area (Å²) < 4.78 is 10.4. The van der Waals surface area contributed by atoms with E-state index in [1.54, 1.807) is 19.5 Å². The monoisotopic (exact) mass is 259 g/mol. The van der Waals surface area contributed by atoms with Crippen molar-refractivity contribution in [3.8, 4) is 5.75 Å². The summed E-state index contributed by atoms with van der Waals surface area (Å²) in [5, 5.41) is 0. The quantitative estimate of drug-likeness (QED) is 0.799. The zero-order chi connectivity index (χ0) is 13.5. The topological polar surface area (TPSA) is 70.3 Å². The number of nitrogens with zero attached hydrogens (tertiary/aromatic N) is 2. The molecule has 0 radical (unpaired) electrons. The molecule has 2 aromatic rings. The number of nitrogen functional groups attached to an aromatic ring is 1. The number of methoxy groups -OCH3 is 1. The highest BCUT2D eigenvalue weighted by atomic mass is 16.5. The van der Waals surface area contributed by atoms with Gasteiger partial charge in [-0.15, -0.1) is 0 Å². The molecule has 19 heavy (non-hydrogen) atoms. The lowest BCUT2D eigenvalue weighted by Crippen LogP contribution is -2.04. The maximum atomic E-state index is 5.55. The molecule has 5 heteroatoms. The molecular formula is C14H17N3O2. The van der Waals surface area contributed by atoms with Gasteiger partial charge in [0.05, 0.1) is 24.7 Å². The van der Waals surface area contributed by atoms with Crippen molar-refractivity contribution >= 4 is 5.69 Å². The second-order valence-electron chi connectivity index (χ2n) is 4.09. The first kappa shape index (κ1) is 13.3. The number of aromatic nitrogens is 2. The van der Waals surface area contributed by atoms with E-state index < -0.39 is 0 Å². The van der Waals surface area contributed by atoms with Gasteiger partial charge in [-0.2, -0.15) is 0 Å². The third-order valence-electron chi connectivity index (χ3n) is 2.57. The van der Waals surface area contributed by atoms with E-state index in [-0.39, 0.29) is 0 Å². The van der Waals surface area contributed by atoms with Crippen LogP contribution in [0.5, 0.6) is 5.75 Å². The zero-order valence-electron chi connectivity index (χ0n) is 10.9. The maximum absolute atomic E-state index is 5.55. The number of anilines is 1. The van der Waals surface area contributed by atoms with Crippen LogP contribution in [0.2, 0.25) is 0 Å². The van der Waals surface area contributed by atoms with Gasteiger partial charge in [0.1, 0.15) is 18.2 Å².